The first kappa shape index (κ1) is 15.0. The molecular weight excluding hydrogens is 254 g/mol. The summed E-state index contributed by atoms with van der Waals surface area (Å²) in [5, 5.41) is 1.43. The molecule has 1 unspecified atom stereocenters. The van der Waals surface area contributed by atoms with Gasteiger partial charge in [-0.1, -0.05) is 43.9 Å². The van der Waals surface area contributed by atoms with Gasteiger partial charge in [0.1, 0.15) is 0 Å². The molecule has 2 nitrogen and oxygen atoms in total. The van der Waals surface area contributed by atoms with Crippen LogP contribution in [0.3, 0.4) is 0 Å². The Labute approximate surface area is 122 Å². The third kappa shape index (κ3) is 3.77. The molecule has 0 aromatic carbocycles. The van der Waals surface area contributed by atoms with Gasteiger partial charge in [-0.25, -0.2) is 0 Å². The van der Waals surface area contributed by atoms with Gasteiger partial charge in [0.15, 0.2) is 0 Å². The zero-order chi connectivity index (χ0) is 13.7. The summed E-state index contributed by atoms with van der Waals surface area (Å²) in [4.78, 5) is 14.2. The van der Waals surface area contributed by atoms with E-state index in [2.05, 4.69) is 6.92 Å². The monoisotopic (exact) mass is 281 g/mol. The van der Waals surface area contributed by atoms with Crippen molar-refractivity contribution in [2.45, 2.75) is 76.9 Å². The summed E-state index contributed by atoms with van der Waals surface area (Å²) in [6, 6.07) is 0. The second kappa shape index (κ2) is 7.37. The van der Waals surface area contributed by atoms with Crippen LogP contribution in [0.25, 0.3) is 0 Å². The van der Waals surface area contributed by atoms with Crippen LogP contribution in [0.2, 0.25) is 0 Å². The molecule has 2 fully saturated rings. The highest BCUT2D eigenvalue weighted by atomic mass is 32.2. The minimum absolute atomic E-state index is 0.123. The van der Waals surface area contributed by atoms with E-state index in [1.807, 2.05) is 11.8 Å². The van der Waals surface area contributed by atoms with Crippen LogP contribution in [0.15, 0.2) is 10.6 Å². The predicted octanol–water partition coefficient (Wildman–Crippen LogP) is 4.71. The summed E-state index contributed by atoms with van der Waals surface area (Å²) in [5.74, 6) is 0.312. The fourth-order valence-electron chi connectivity index (χ4n) is 3.07. The van der Waals surface area contributed by atoms with Crippen molar-refractivity contribution in [1.29, 1.82) is 0 Å². The maximum absolute atomic E-state index is 12.1. The number of amides is 1. The van der Waals surface area contributed by atoms with E-state index in [-0.39, 0.29) is 5.25 Å². The smallest absolute Gasteiger partial charge is 0.240 e. The van der Waals surface area contributed by atoms with Crippen LogP contribution in [-0.4, -0.2) is 22.6 Å². The molecular formula is C16H27NOS. The molecule has 2 rings (SSSR count). The van der Waals surface area contributed by atoms with Crippen molar-refractivity contribution in [3.8, 4) is 0 Å². The molecule has 19 heavy (non-hydrogen) atoms. The number of hydrogen-bond acceptors (Lipinski definition) is 2. The van der Waals surface area contributed by atoms with E-state index in [1.54, 1.807) is 17.3 Å². The largest absolute Gasteiger partial charge is 0.306 e. The molecule has 0 aromatic heterocycles. The zero-order valence-electron chi connectivity index (χ0n) is 12.4. The van der Waals surface area contributed by atoms with Crippen molar-refractivity contribution < 1.29 is 4.79 Å². The van der Waals surface area contributed by atoms with E-state index in [4.69, 9.17) is 0 Å². The maximum atomic E-state index is 12.1. The van der Waals surface area contributed by atoms with E-state index < -0.39 is 0 Å². The quantitative estimate of drug-likeness (QED) is 0.694. The Morgan fingerprint density at radius 1 is 1.05 bits per heavy atom. The van der Waals surface area contributed by atoms with Gasteiger partial charge in [-0.05, 0) is 45.1 Å². The summed E-state index contributed by atoms with van der Waals surface area (Å²) in [7, 11) is 0. The average Bonchev–Trinajstić information content (AvgIpc) is 2.71. The van der Waals surface area contributed by atoms with Crippen molar-refractivity contribution >= 4 is 17.7 Å². The van der Waals surface area contributed by atoms with Gasteiger partial charge in [0.25, 0.3) is 0 Å². The third-order valence-electron chi connectivity index (χ3n) is 4.22. The van der Waals surface area contributed by atoms with Gasteiger partial charge < -0.3 is 4.90 Å². The van der Waals surface area contributed by atoms with Crippen molar-refractivity contribution in [1.82, 2.24) is 4.90 Å². The van der Waals surface area contributed by atoms with E-state index in [9.17, 15) is 4.79 Å². The lowest BCUT2D eigenvalue weighted by atomic mass is 9.97. The first-order chi connectivity index (χ1) is 9.24. The van der Waals surface area contributed by atoms with Crippen molar-refractivity contribution in [2.75, 3.05) is 6.54 Å². The number of hydrogen-bond donors (Lipinski definition) is 0. The van der Waals surface area contributed by atoms with Crippen LogP contribution >= 0.6 is 11.8 Å². The van der Waals surface area contributed by atoms with Gasteiger partial charge >= 0.3 is 0 Å². The van der Waals surface area contributed by atoms with Crippen molar-refractivity contribution in [3.05, 3.63) is 10.6 Å². The minimum atomic E-state index is 0.123. The number of allylic oxidation sites excluding steroid dienone is 1. The summed E-state index contributed by atoms with van der Waals surface area (Å²) < 4.78 is 0. The zero-order valence-corrected chi connectivity index (χ0v) is 13.2. The Morgan fingerprint density at radius 3 is 2.11 bits per heavy atom. The third-order valence-corrected chi connectivity index (χ3v) is 5.51. The van der Waals surface area contributed by atoms with E-state index in [0.29, 0.717) is 5.91 Å². The van der Waals surface area contributed by atoms with Crippen LogP contribution in [0, 0.1) is 0 Å². The molecule has 0 radical (unpaired) electrons. The normalized spacial score (nSPS) is 26.9. The SMILES string of the molecule is CCN1C(=O)C(C)SC1=C1CCCCCCCCC1. The molecule has 1 aliphatic carbocycles. The second-order valence-electron chi connectivity index (χ2n) is 5.73. The van der Waals surface area contributed by atoms with Crippen LogP contribution in [0.1, 0.15) is 71.6 Å². The van der Waals surface area contributed by atoms with E-state index in [1.165, 1.54) is 62.8 Å². The standard InChI is InChI=1S/C16H27NOS/c1-3-17-15(18)13(2)19-16(17)14-11-9-7-5-4-6-8-10-12-14/h13H,3-12H2,1-2H3. The minimum Gasteiger partial charge on any atom is -0.306 e. The van der Waals surface area contributed by atoms with Gasteiger partial charge in [-0.15, -0.1) is 0 Å². The van der Waals surface area contributed by atoms with Gasteiger partial charge in [0.2, 0.25) is 5.91 Å². The number of carbonyl (C=O) groups excluding carboxylic acids is 1. The maximum Gasteiger partial charge on any atom is 0.240 e. The van der Waals surface area contributed by atoms with Gasteiger partial charge in [0, 0.05) is 6.54 Å². The Kier molecular flexibility index (Phi) is 5.80. The first-order valence-electron chi connectivity index (χ1n) is 7.94. The van der Waals surface area contributed by atoms with Crippen molar-refractivity contribution in [2.24, 2.45) is 0 Å². The highest BCUT2D eigenvalue weighted by molar-refractivity contribution is 8.04. The molecule has 108 valence electrons. The molecule has 1 saturated carbocycles. The Bertz CT molecular complexity index is 339. The summed E-state index contributed by atoms with van der Waals surface area (Å²) in [6.07, 6.45) is 11.9. The molecule has 0 N–H and O–H groups in total. The van der Waals surface area contributed by atoms with Crippen molar-refractivity contribution in [3.63, 3.8) is 0 Å². The molecule has 1 heterocycles. The lowest BCUT2D eigenvalue weighted by molar-refractivity contribution is -0.127. The number of rotatable bonds is 1. The molecule has 1 aliphatic heterocycles. The molecule has 2 aliphatic rings. The highest BCUT2D eigenvalue weighted by Gasteiger charge is 2.33. The van der Waals surface area contributed by atoms with Crippen LogP contribution in [0.5, 0.6) is 0 Å². The Hall–Kier alpha value is -0.440. The summed E-state index contributed by atoms with van der Waals surface area (Å²) in [6.45, 7) is 4.97. The van der Waals surface area contributed by atoms with Crippen LogP contribution in [0.4, 0.5) is 0 Å². The Balaban J connectivity index is 2.13. The highest BCUT2D eigenvalue weighted by Crippen LogP contribution is 2.39. The molecule has 1 saturated heterocycles. The fraction of sp³-hybridized carbons (Fsp3) is 0.812. The number of nitrogens with zero attached hydrogens (tertiary/aromatic N) is 1. The number of carbonyl (C=O) groups is 1. The van der Waals surface area contributed by atoms with E-state index >= 15 is 0 Å². The van der Waals surface area contributed by atoms with Crippen LogP contribution < -0.4 is 0 Å². The summed E-state index contributed by atoms with van der Waals surface area (Å²) in [5.41, 5.74) is 1.56. The lowest BCUT2D eigenvalue weighted by Crippen LogP contribution is -2.27. The molecule has 0 aromatic rings. The molecule has 1 atom stereocenters. The molecule has 3 heteroatoms. The average molecular weight is 281 g/mol. The van der Waals surface area contributed by atoms with Gasteiger partial charge in [0.05, 0.1) is 10.3 Å². The first-order valence-corrected chi connectivity index (χ1v) is 8.82. The summed E-state index contributed by atoms with van der Waals surface area (Å²) >= 11 is 1.80. The lowest BCUT2D eigenvalue weighted by Gasteiger charge is -2.20. The van der Waals surface area contributed by atoms with Gasteiger partial charge in [-0.3, -0.25) is 4.79 Å². The van der Waals surface area contributed by atoms with Gasteiger partial charge in [-0.2, -0.15) is 0 Å². The molecule has 0 spiro atoms. The van der Waals surface area contributed by atoms with E-state index in [0.717, 1.165) is 6.54 Å². The predicted molar refractivity (Wildman–Crippen MR) is 83.0 cm³/mol. The molecule has 1 amide bonds. The second-order valence-corrected chi connectivity index (χ2v) is 7.06. The molecule has 0 bridgehead atoms. The van der Waals surface area contributed by atoms with Crippen LogP contribution in [-0.2, 0) is 4.79 Å². The topological polar surface area (TPSA) is 20.3 Å². The number of thioether (sulfide) groups is 1. The Morgan fingerprint density at radius 2 is 1.58 bits per heavy atom. The fourth-order valence-corrected chi connectivity index (χ4v) is 4.35.